The number of aromatic amines is 1. The molecule has 5 heteroatoms. The van der Waals surface area contributed by atoms with Crippen molar-refractivity contribution in [2.45, 2.75) is 32.6 Å². The van der Waals surface area contributed by atoms with Crippen molar-refractivity contribution in [2.75, 3.05) is 11.9 Å². The van der Waals surface area contributed by atoms with Gasteiger partial charge in [-0.25, -0.2) is 0 Å². The van der Waals surface area contributed by atoms with Crippen LogP contribution >= 0.6 is 0 Å². The number of benzene rings is 2. The zero-order valence-electron chi connectivity index (χ0n) is 15.6. The molecule has 0 saturated carbocycles. The molecule has 1 heterocycles. The summed E-state index contributed by atoms with van der Waals surface area (Å²) in [5.41, 5.74) is 4.01. The number of nitrogens with one attached hydrogen (secondary N) is 2. The van der Waals surface area contributed by atoms with Crippen LogP contribution in [0, 0.1) is 0 Å². The van der Waals surface area contributed by atoms with Gasteiger partial charge in [0.05, 0.1) is 0 Å². The van der Waals surface area contributed by atoms with Gasteiger partial charge in [-0.3, -0.25) is 9.59 Å². The van der Waals surface area contributed by atoms with E-state index in [4.69, 9.17) is 4.74 Å². The third kappa shape index (κ3) is 4.97. The van der Waals surface area contributed by atoms with Gasteiger partial charge in [0.2, 0.25) is 0 Å². The lowest BCUT2D eigenvalue weighted by molar-refractivity contribution is -0.147. The first-order valence-corrected chi connectivity index (χ1v) is 9.13. The van der Waals surface area contributed by atoms with Crippen LogP contribution < -0.4 is 5.32 Å². The molecular weight excluding hydrogens is 340 g/mol. The van der Waals surface area contributed by atoms with Crippen LogP contribution in [0.2, 0.25) is 0 Å². The van der Waals surface area contributed by atoms with Gasteiger partial charge in [0.1, 0.15) is 0 Å². The minimum atomic E-state index is -0.384. The molecule has 0 fully saturated rings. The number of anilines is 1. The number of carbonyl (C=O) groups is 2. The van der Waals surface area contributed by atoms with Gasteiger partial charge in [0, 0.05) is 29.2 Å². The van der Waals surface area contributed by atoms with Crippen LogP contribution in [0.25, 0.3) is 10.9 Å². The third-order valence-electron chi connectivity index (χ3n) is 4.50. The summed E-state index contributed by atoms with van der Waals surface area (Å²) in [7, 11) is 0. The zero-order valence-corrected chi connectivity index (χ0v) is 15.6. The average Bonchev–Trinajstić information content (AvgIpc) is 3.08. The molecular formula is C22H24N2O3. The maximum absolute atomic E-state index is 12.0. The van der Waals surface area contributed by atoms with Crippen LogP contribution in [-0.4, -0.2) is 23.5 Å². The molecule has 1 amide bonds. The Labute approximate surface area is 158 Å². The lowest BCUT2D eigenvalue weighted by Crippen LogP contribution is -2.21. The van der Waals surface area contributed by atoms with Crippen molar-refractivity contribution in [2.24, 2.45) is 0 Å². The molecule has 0 aliphatic heterocycles. The molecule has 140 valence electrons. The molecule has 5 nitrogen and oxygen atoms in total. The highest BCUT2D eigenvalue weighted by atomic mass is 16.5. The summed E-state index contributed by atoms with van der Waals surface area (Å²) in [6, 6.07) is 15.6. The van der Waals surface area contributed by atoms with Crippen molar-refractivity contribution in [3.63, 3.8) is 0 Å². The smallest absolute Gasteiger partial charge is 0.306 e. The van der Waals surface area contributed by atoms with E-state index >= 15 is 0 Å². The summed E-state index contributed by atoms with van der Waals surface area (Å²) in [4.78, 5) is 27.1. The number of rotatable bonds is 7. The number of esters is 1. The minimum absolute atomic E-state index is 0.234. The summed E-state index contributed by atoms with van der Waals surface area (Å²) < 4.78 is 5.09. The van der Waals surface area contributed by atoms with E-state index in [0.29, 0.717) is 18.0 Å². The predicted octanol–water partition coefficient (Wildman–Crippen LogP) is 4.41. The molecule has 0 bridgehead atoms. The van der Waals surface area contributed by atoms with Crippen LogP contribution in [-0.2, 0) is 20.7 Å². The van der Waals surface area contributed by atoms with E-state index in [1.54, 1.807) is 0 Å². The Morgan fingerprint density at radius 1 is 1.07 bits per heavy atom. The number of H-pyrrole nitrogens is 1. The maximum atomic E-state index is 12.0. The first-order chi connectivity index (χ1) is 13.0. The molecule has 2 aromatic carbocycles. The number of aryl methyl sites for hydroxylation is 1. The van der Waals surface area contributed by atoms with E-state index in [9.17, 15) is 9.59 Å². The standard InChI is InChI=1S/C22H24N2O3/c1-15(2)16-7-10-18(11-8-16)24-21(25)14-27-22(26)12-9-17-13-23-20-6-4-3-5-19(17)20/h3-8,10-11,13,15,23H,9,12,14H2,1-2H3,(H,24,25). The summed E-state index contributed by atoms with van der Waals surface area (Å²) in [6.07, 6.45) is 2.71. The highest BCUT2D eigenvalue weighted by molar-refractivity contribution is 5.92. The number of hydrogen-bond acceptors (Lipinski definition) is 3. The van der Waals surface area contributed by atoms with Gasteiger partial charge in [0.25, 0.3) is 5.91 Å². The number of hydrogen-bond donors (Lipinski definition) is 2. The van der Waals surface area contributed by atoms with E-state index in [1.807, 2.05) is 54.7 Å². The molecule has 0 atom stereocenters. The number of carbonyl (C=O) groups excluding carboxylic acids is 2. The lowest BCUT2D eigenvalue weighted by atomic mass is 10.0. The first-order valence-electron chi connectivity index (χ1n) is 9.13. The Kier molecular flexibility index (Phi) is 5.91. The van der Waals surface area contributed by atoms with E-state index in [0.717, 1.165) is 16.5 Å². The summed E-state index contributed by atoms with van der Waals surface area (Å²) in [5.74, 6) is -0.286. The van der Waals surface area contributed by atoms with Crippen LogP contribution in [0.5, 0.6) is 0 Å². The van der Waals surface area contributed by atoms with Gasteiger partial charge in [0.15, 0.2) is 6.61 Å². The van der Waals surface area contributed by atoms with E-state index < -0.39 is 0 Å². The van der Waals surface area contributed by atoms with Crippen molar-refractivity contribution >= 4 is 28.5 Å². The Morgan fingerprint density at radius 2 is 1.81 bits per heavy atom. The summed E-state index contributed by atoms with van der Waals surface area (Å²) >= 11 is 0. The molecule has 2 N–H and O–H groups in total. The Bertz CT molecular complexity index is 926. The van der Waals surface area contributed by atoms with Gasteiger partial charge in [-0.1, -0.05) is 44.2 Å². The second kappa shape index (κ2) is 8.54. The van der Waals surface area contributed by atoms with E-state index in [2.05, 4.69) is 24.1 Å². The van der Waals surface area contributed by atoms with E-state index in [1.165, 1.54) is 5.56 Å². The monoisotopic (exact) mass is 364 g/mol. The molecule has 0 spiro atoms. The predicted molar refractivity (Wildman–Crippen MR) is 107 cm³/mol. The van der Waals surface area contributed by atoms with Crippen molar-refractivity contribution in [3.8, 4) is 0 Å². The Balaban J connectivity index is 1.44. The maximum Gasteiger partial charge on any atom is 0.306 e. The molecule has 3 aromatic rings. The topological polar surface area (TPSA) is 71.2 Å². The SMILES string of the molecule is CC(C)c1ccc(NC(=O)COC(=O)CCc2c[nH]c3ccccc23)cc1. The largest absolute Gasteiger partial charge is 0.456 e. The van der Waals surface area contributed by atoms with Gasteiger partial charge < -0.3 is 15.0 Å². The minimum Gasteiger partial charge on any atom is -0.456 e. The molecule has 27 heavy (non-hydrogen) atoms. The third-order valence-corrected chi connectivity index (χ3v) is 4.50. The number of ether oxygens (including phenoxy) is 1. The van der Waals surface area contributed by atoms with Gasteiger partial charge in [-0.15, -0.1) is 0 Å². The van der Waals surface area contributed by atoms with Gasteiger partial charge in [-0.2, -0.15) is 0 Å². The summed E-state index contributed by atoms with van der Waals surface area (Å²) in [6.45, 7) is 3.95. The van der Waals surface area contributed by atoms with Crippen molar-refractivity contribution in [3.05, 3.63) is 65.9 Å². The van der Waals surface area contributed by atoms with Crippen LogP contribution in [0.1, 0.15) is 37.3 Å². The molecule has 0 radical (unpaired) electrons. The second-order valence-electron chi connectivity index (χ2n) is 6.85. The molecule has 0 aliphatic carbocycles. The fourth-order valence-corrected chi connectivity index (χ4v) is 2.94. The van der Waals surface area contributed by atoms with Gasteiger partial charge >= 0.3 is 5.97 Å². The molecule has 1 aromatic heterocycles. The number of fused-ring (bicyclic) bond motifs is 1. The highest BCUT2D eigenvalue weighted by Crippen LogP contribution is 2.19. The van der Waals surface area contributed by atoms with Gasteiger partial charge in [-0.05, 0) is 41.7 Å². The fourth-order valence-electron chi connectivity index (χ4n) is 2.94. The fraction of sp³-hybridized carbons (Fsp3) is 0.273. The van der Waals surface area contributed by atoms with Crippen LogP contribution in [0.15, 0.2) is 54.7 Å². The molecule has 3 rings (SSSR count). The Morgan fingerprint density at radius 3 is 2.56 bits per heavy atom. The second-order valence-corrected chi connectivity index (χ2v) is 6.85. The van der Waals surface area contributed by atoms with Crippen molar-refractivity contribution in [1.82, 2.24) is 4.98 Å². The van der Waals surface area contributed by atoms with Crippen LogP contribution in [0.3, 0.4) is 0 Å². The zero-order chi connectivity index (χ0) is 19.2. The average molecular weight is 364 g/mol. The Hall–Kier alpha value is -3.08. The number of para-hydroxylation sites is 1. The van der Waals surface area contributed by atoms with Crippen LogP contribution in [0.4, 0.5) is 5.69 Å². The van der Waals surface area contributed by atoms with Crippen molar-refractivity contribution < 1.29 is 14.3 Å². The molecule has 0 aliphatic rings. The quantitative estimate of drug-likeness (QED) is 0.610. The van der Waals surface area contributed by atoms with Crippen molar-refractivity contribution in [1.29, 1.82) is 0 Å². The summed E-state index contributed by atoms with van der Waals surface area (Å²) in [5, 5.41) is 3.84. The van der Waals surface area contributed by atoms with E-state index in [-0.39, 0.29) is 24.9 Å². The molecule has 0 saturated heterocycles. The lowest BCUT2D eigenvalue weighted by Gasteiger charge is -2.09. The normalized spacial score (nSPS) is 10.9. The number of amides is 1. The first kappa shape index (κ1) is 18.7. The number of aromatic nitrogens is 1. The highest BCUT2D eigenvalue weighted by Gasteiger charge is 2.10. The molecule has 0 unspecified atom stereocenters.